The van der Waals surface area contributed by atoms with Gasteiger partial charge in [-0.1, -0.05) is 12.1 Å². The van der Waals surface area contributed by atoms with Crippen LogP contribution >= 0.6 is 0 Å². The van der Waals surface area contributed by atoms with Crippen LogP contribution in [0.1, 0.15) is 56.6 Å². The van der Waals surface area contributed by atoms with Gasteiger partial charge < -0.3 is 4.74 Å². The quantitative estimate of drug-likeness (QED) is 0.420. The second-order valence-electron chi connectivity index (χ2n) is 11.0. The molecule has 0 aliphatic heterocycles. The minimum absolute atomic E-state index is 0.244. The number of nitrogens with one attached hydrogen (secondary N) is 1. The van der Waals surface area contributed by atoms with Crippen molar-refractivity contribution >= 4 is 27.3 Å². The first-order chi connectivity index (χ1) is 17.1. The summed E-state index contributed by atoms with van der Waals surface area (Å²) in [4.78, 5) is 12.7. The Morgan fingerprint density at radius 3 is 2.06 bits per heavy atom. The van der Waals surface area contributed by atoms with E-state index >= 15 is 0 Å². The highest BCUT2D eigenvalue weighted by molar-refractivity contribution is 7.92. The summed E-state index contributed by atoms with van der Waals surface area (Å²) in [6.07, 6.45) is 9.03. The fraction of sp³-hybridized carbons (Fsp3) is 0.500. The molecule has 4 fully saturated rings. The van der Waals surface area contributed by atoms with E-state index in [1.165, 1.54) is 44.1 Å². The molecule has 7 nitrogen and oxygen atoms in total. The number of methoxy groups -OCH3 is 1. The van der Waals surface area contributed by atoms with Crippen LogP contribution < -0.4 is 14.5 Å². The molecule has 1 N–H and O–H groups in total. The molecule has 8 heteroatoms. The van der Waals surface area contributed by atoms with Crippen molar-refractivity contribution in [3.63, 3.8) is 0 Å². The lowest BCUT2D eigenvalue weighted by Gasteiger charge is -2.57. The number of benzene rings is 2. The van der Waals surface area contributed by atoms with Crippen LogP contribution in [-0.4, -0.2) is 39.9 Å². The van der Waals surface area contributed by atoms with E-state index in [4.69, 9.17) is 4.74 Å². The molecule has 4 aliphatic rings. The van der Waals surface area contributed by atoms with Gasteiger partial charge in [-0.15, -0.1) is 0 Å². The number of hydrogen-bond donors (Lipinski definition) is 1. The summed E-state index contributed by atoms with van der Waals surface area (Å²) in [6.45, 7) is 1.44. The predicted octanol–water partition coefficient (Wildman–Crippen LogP) is 4.47. The molecule has 192 valence electrons. The average molecular weight is 510 g/mol. The third kappa shape index (κ3) is 5.01. The lowest BCUT2D eigenvalue weighted by atomic mass is 9.48. The molecular weight excluding hydrogens is 474 g/mol. The minimum atomic E-state index is -3.66. The van der Waals surface area contributed by atoms with Crippen molar-refractivity contribution in [3.05, 3.63) is 59.7 Å². The number of anilines is 1. The molecule has 6 rings (SSSR count). The SMILES string of the molecule is COc1ccc(/C(C)=N\NC(=O)CN(c2ccc(C34CC5CC(CC(C5)C3)C4)cc2)S(C)(=O)=O)cc1. The van der Waals surface area contributed by atoms with E-state index in [0.29, 0.717) is 11.4 Å². The van der Waals surface area contributed by atoms with Crippen LogP contribution in [0.4, 0.5) is 5.69 Å². The third-order valence-corrected chi connectivity index (χ3v) is 9.49. The Balaban J connectivity index is 1.28. The van der Waals surface area contributed by atoms with Crippen LogP contribution in [0.2, 0.25) is 0 Å². The van der Waals surface area contributed by atoms with Crippen molar-refractivity contribution in [2.75, 3.05) is 24.2 Å². The molecule has 0 aromatic heterocycles. The Hall–Kier alpha value is -2.87. The van der Waals surface area contributed by atoms with E-state index in [9.17, 15) is 13.2 Å². The van der Waals surface area contributed by atoms with Crippen LogP contribution in [-0.2, 0) is 20.2 Å². The molecule has 1 amide bonds. The molecule has 0 unspecified atom stereocenters. The molecule has 4 aliphatic carbocycles. The number of amides is 1. The zero-order chi connectivity index (χ0) is 25.5. The molecule has 0 atom stereocenters. The van der Waals surface area contributed by atoms with E-state index < -0.39 is 15.9 Å². The number of hydrazone groups is 1. The van der Waals surface area contributed by atoms with Crippen LogP contribution in [0.5, 0.6) is 5.75 Å². The summed E-state index contributed by atoms with van der Waals surface area (Å²) in [7, 11) is -2.06. The van der Waals surface area contributed by atoms with Gasteiger partial charge in [-0.2, -0.15) is 5.10 Å². The first-order valence-corrected chi connectivity index (χ1v) is 14.6. The molecular formula is C28H35N3O4S. The molecule has 2 aromatic carbocycles. The molecule has 4 saturated carbocycles. The van der Waals surface area contributed by atoms with Gasteiger partial charge in [0.1, 0.15) is 12.3 Å². The average Bonchev–Trinajstić information content (AvgIpc) is 2.84. The molecule has 0 saturated heterocycles. The Labute approximate surface area is 214 Å². The van der Waals surface area contributed by atoms with Gasteiger partial charge in [0.15, 0.2) is 0 Å². The highest BCUT2D eigenvalue weighted by Gasteiger charge is 2.51. The second kappa shape index (κ2) is 9.54. The van der Waals surface area contributed by atoms with Crippen molar-refractivity contribution in [2.45, 2.75) is 50.9 Å². The van der Waals surface area contributed by atoms with E-state index in [1.54, 1.807) is 14.0 Å². The van der Waals surface area contributed by atoms with Crippen LogP contribution in [0.3, 0.4) is 0 Å². The van der Waals surface area contributed by atoms with Crippen molar-refractivity contribution in [1.82, 2.24) is 5.43 Å². The van der Waals surface area contributed by atoms with E-state index in [1.807, 2.05) is 36.4 Å². The molecule has 0 radical (unpaired) electrons. The lowest BCUT2D eigenvalue weighted by Crippen LogP contribution is -2.48. The van der Waals surface area contributed by atoms with Crippen molar-refractivity contribution in [3.8, 4) is 5.75 Å². The summed E-state index contributed by atoms with van der Waals surface area (Å²) in [5.41, 5.74) is 6.00. The highest BCUT2D eigenvalue weighted by atomic mass is 32.2. The Kier molecular flexibility index (Phi) is 6.57. The Morgan fingerprint density at radius 2 is 1.56 bits per heavy atom. The number of ether oxygens (including phenoxy) is 1. The molecule has 4 bridgehead atoms. The summed E-state index contributed by atoms with van der Waals surface area (Å²) in [5, 5.41) is 4.15. The largest absolute Gasteiger partial charge is 0.497 e. The Bertz CT molecular complexity index is 1220. The zero-order valence-electron chi connectivity index (χ0n) is 21.2. The number of sulfonamides is 1. The fourth-order valence-corrected chi connectivity index (χ4v) is 7.91. The Morgan fingerprint density at radius 1 is 1.00 bits per heavy atom. The molecule has 2 aromatic rings. The van der Waals surface area contributed by atoms with Gasteiger partial charge >= 0.3 is 0 Å². The van der Waals surface area contributed by atoms with Gasteiger partial charge in [0.2, 0.25) is 10.0 Å². The van der Waals surface area contributed by atoms with Gasteiger partial charge in [-0.3, -0.25) is 9.10 Å². The molecule has 36 heavy (non-hydrogen) atoms. The standard InChI is InChI=1S/C28H35N3O4S/c1-19(23-4-10-26(35-2)11-5-23)29-30-27(32)18-31(36(3,33)34)25-8-6-24(7-9-25)28-15-20-12-21(16-28)14-22(13-20)17-28/h4-11,20-22H,12-18H2,1-3H3,(H,30,32)/b29-19-. The minimum Gasteiger partial charge on any atom is -0.497 e. The first-order valence-electron chi connectivity index (χ1n) is 12.7. The number of carbonyl (C=O) groups is 1. The van der Waals surface area contributed by atoms with E-state index in [0.717, 1.165) is 39.6 Å². The number of rotatable bonds is 8. The smallest absolute Gasteiger partial charge is 0.260 e. The summed E-state index contributed by atoms with van der Waals surface area (Å²) in [5.74, 6) is 2.75. The van der Waals surface area contributed by atoms with Crippen LogP contribution in [0, 0.1) is 17.8 Å². The predicted molar refractivity (Wildman–Crippen MR) is 142 cm³/mol. The lowest BCUT2D eigenvalue weighted by molar-refractivity contribution is -0.119. The maximum Gasteiger partial charge on any atom is 0.260 e. The van der Waals surface area contributed by atoms with Gasteiger partial charge in [0.25, 0.3) is 5.91 Å². The fourth-order valence-electron chi connectivity index (χ4n) is 7.05. The van der Waals surface area contributed by atoms with E-state index in [-0.39, 0.29) is 12.0 Å². The van der Waals surface area contributed by atoms with Crippen molar-refractivity contribution in [2.24, 2.45) is 22.9 Å². The number of carbonyl (C=O) groups excluding carboxylic acids is 1. The maximum atomic E-state index is 12.7. The number of nitrogens with zero attached hydrogens (tertiary/aromatic N) is 2. The van der Waals surface area contributed by atoms with Crippen LogP contribution in [0.25, 0.3) is 0 Å². The molecule has 0 heterocycles. The zero-order valence-corrected chi connectivity index (χ0v) is 22.1. The maximum absolute atomic E-state index is 12.7. The van der Waals surface area contributed by atoms with E-state index in [2.05, 4.69) is 22.7 Å². The van der Waals surface area contributed by atoms with Crippen molar-refractivity contribution < 1.29 is 17.9 Å². The topological polar surface area (TPSA) is 88.1 Å². The van der Waals surface area contributed by atoms with Gasteiger partial charge in [0, 0.05) is 0 Å². The highest BCUT2D eigenvalue weighted by Crippen LogP contribution is 2.60. The normalized spacial score (nSPS) is 27.1. The monoisotopic (exact) mass is 509 g/mol. The number of hydrogen-bond acceptors (Lipinski definition) is 5. The van der Waals surface area contributed by atoms with Gasteiger partial charge in [0.05, 0.1) is 24.8 Å². The third-order valence-electron chi connectivity index (χ3n) is 8.35. The van der Waals surface area contributed by atoms with Gasteiger partial charge in [-0.05, 0) is 116 Å². The molecule has 0 spiro atoms. The summed E-state index contributed by atoms with van der Waals surface area (Å²) in [6, 6.07) is 15.2. The van der Waals surface area contributed by atoms with Crippen LogP contribution in [0.15, 0.2) is 53.6 Å². The summed E-state index contributed by atoms with van der Waals surface area (Å²) >= 11 is 0. The van der Waals surface area contributed by atoms with Crippen molar-refractivity contribution in [1.29, 1.82) is 0 Å². The first kappa shape index (κ1) is 24.8. The summed E-state index contributed by atoms with van der Waals surface area (Å²) < 4.78 is 31.5. The second-order valence-corrected chi connectivity index (χ2v) is 12.9. The van der Waals surface area contributed by atoms with Gasteiger partial charge in [-0.25, -0.2) is 13.8 Å².